The van der Waals surface area contributed by atoms with Crippen molar-refractivity contribution in [2.75, 3.05) is 17.6 Å². The smallest absolute Gasteiger partial charge is 0.237 e. The number of hydrogen-bond acceptors (Lipinski definition) is 5. The first kappa shape index (κ1) is 21.4. The van der Waals surface area contributed by atoms with Gasteiger partial charge < -0.3 is 10.6 Å². The van der Waals surface area contributed by atoms with Crippen LogP contribution in [-0.2, 0) is 25.8 Å². The molecule has 29 heavy (non-hydrogen) atoms. The van der Waals surface area contributed by atoms with E-state index in [0.29, 0.717) is 18.7 Å². The van der Waals surface area contributed by atoms with Crippen LogP contribution in [0.1, 0.15) is 24.5 Å². The third-order valence-electron chi connectivity index (χ3n) is 4.66. The van der Waals surface area contributed by atoms with E-state index in [1.165, 1.54) is 23.9 Å². The summed E-state index contributed by atoms with van der Waals surface area (Å²) < 4.78 is 25.2. The second-order valence-corrected chi connectivity index (χ2v) is 10.6. The van der Waals surface area contributed by atoms with Crippen LogP contribution in [0.2, 0.25) is 0 Å². The molecular weight excluding hydrogens is 408 g/mol. The van der Waals surface area contributed by atoms with E-state index in [9.17, 15) is 18.0 Å². The van der Waals surface area contributed by atoms with Gasteiger partial charge in [0, 0.05) is 17.9 Å². The molecule has 0 saturated carbocycles. The van der Waals surface area contributed by atoms with Crippen molar-refractivity contribution in [3.05, 3.63) is 53.6 Å². The molecule has 2 N–H and O–H groups in total. The number of carbonyl (C=O) groups excluding carboxylic acids is 2. The summed E-state index contributed by atoms with van der Waals surface area (Å²) in [5, 5.41) is 5.29. The van der Waals surface area contributed by atoms with Crippen molar-refractivity contribution < 1.29 is 18.0 Å². The molecule has 3 rings (SSSR count). The van der Waals surface area contributed by atoms with Gasteiger partial charge >= 0.3 is 0 Å². The van der Waals surface area contributed by atoms with Gasteiger partial charge in [-0.15, -0.1) is 11.8 Å². The largest absolute Gasteiger partial charge is 0.356 e. The van der Waals surface area contributed by atoms with Gasteiger partial charge in [0.2, 0.25) is 11.8 Å². The lowest BCUT2D eigenvalue weighted by molar-refractivity contribution is -0.120. The Hall–Kier alpha value is -2.32. The van der Waals surface area contributed by atoms with Gasteiger partial charge in [0.25, 0.3) is 0 Å². The van der Waals surface area contributed by atoms with E-state index in [1.807, 2.05) is 25.1 Å². The molecule has 1 aliphatic rings. The minimum absolute atomic E-state index is 0.106. The highest BCUT2D eigenvalue weighted by molar-refractivity contribution is 8.01. The SMILES string of the molecule is Cc1cccc(CCNC(=O)CCS(=O)(=O)c2ccc3c(c2)NC(=O)[C@H](C)S3)c1. The molecule has 0 bridgehead atoms. The van der Waals surface area contributed by atoms with E-state index in [-0.39, 0.29) is 34.1 Å². The monoisotopic (exact) mass is 432 g/mol. The van der Waals surface area contributed by atoms with Crippen LogP contribution >= 0.6 is 11.8 Å². The highest BCUT2D eigenvalue weighted by Gasteiger charge is 2.25. The van der Waals surface area contributed by atoms with Gasteiger partial charge in [0.05, 0.1) is 21.6 Å². The third kappa shape index (κ3) is 5.61. The zero-order chi connectivity index (χ0) is 21.0. The first-order valence-electron chi connectivity index (χ1n) is 9.41. The molecule has 1 atom stereocenters. The average molecular weight is 433 g/mol. The summed E-state index contributed by atoms with van der Waals surface area (Å²) in [7, 11) is -3.62. The van der Waals surface area contributed by atoms with Crippen LogP contribution < -0.4 is 10.6 Å². The van der Waals surface area contributed by atoms with Crippen LogP contribution in [0.15, 0.2) is 52.3 Å². The van der Waals surface area contributed by atoms with Crippen molar-refractivity contribution in [2.24, 2.45) is 0 Å². The molecule has 0 aliphatic carbocycles. The molecule has 154 valence electrons. The number of sulfone groups is 1. The topological polar surface area (TPSA) is 92.3 Å². The summed E-state index contributed by atoms with van der Waals surface area (Å²) >= 11 is 1.39. The van der Waals surface area contributed by atoms with Gasteiger partial charge in [0.15, 0.2) is 9.84 Å². The summed E-state index contributed by atoms with van der Waals surface area (Å²) in [6.07, 6.45) is 0.589. The van der Waals surface area contributed by atoms with Crippen LogP contribution in [0.25, 0.3) is 0 Å². The molecule has 1 heterocycles. The van der Waals surface area contributed by atoms with E-state index in [1.54, 1.807) is 13.0 Å². The average Bonchev–Trinajstić information content (AvgIpc) is 2.67. The molecular formula is C21H24N2O4S2. The molecule has 6 nitrogen and oxygen atoms in total. The summed E-state index contributed by atoms with van der Waals surface area (Å²) in [5.74, 6) is -0.721. The maximum atomic E-state index is 12.6. The van der Waals surface area contributed by atoms with Crippen LogP contribution in [0.5, 0.6) is 0 Å². The number of carbonyl (C=O) groups is 2. The summed E-state index contributed by atoms with van der Waals surface area (Å²) in [6, 6.07) is 12.7. The predicted octanol–water partition coefficient (Wildman–Crippen LogP) is 2.95. The van der Waals surface area contributed by atoms with Gasteiger partial charge in [-0.05, 0) is 44.0 Å². The summed E-state index contributed by atoms with van der Waals surface area (Å²) in [6.45, 7) is 4.27. The minimum atomic E-state index is -3.62. The number of fused-ring (bicyclic) bond motifs is 1. The Balaban J connectivity index is 1.54. The lowest BCUT2D eigenvalue weighted by Crippen LogP contribution is -2.28. The number of nitrogens with one attached hydrogen (secondary N) is 2. The summed E-state index contributed by atoms with van der Waals surface area (Å²) in [4.78, 5) is 24.8. The molecule has 0 unspecified atom stereocenters. The Morgan fingerprint density at radius 2 is 2.00 bits per heavy atom. The van der Waals surface area contributed by atoms with Crippen molar-refractivity contribution in [1.82, 2.24) is 5.32 Å². The zero-order valence-corrected chi connectivity index (χ0v) is 18.0. The number of benzene rings is 2. The molecule has 0 aromatic heterocycles. The molecule has 8 heteroatoms. The molecule has 0 fully saturated rings. The van der Waals surface area contributed by atoms with Crippen molar-refractivity contribution in [2.45, 2.75) is 41.7 Å². The molecule has 2 aromatic carbocycles. The van der Waals surface area contributed by atoms with Crippen molar-refractivity contribution in [3.8, 4) is 0 Å². The number of rotatable bonds is 7. The number of thioether (sulfide) groups is 1. The quantitative estimate of drug-likeness (QED) is 0.702. The third-order valence-corrected chi connectivity index (χ3v) is 7.55. The maximum Gasteiger partial charge on any atom is 0.237 e. The lowest BCUT2D eigenvalue weighted by Gasteiger charge is -2.21. The summed E-state index contributed by atoms with van der Waals surface area (Å²) in [5.41, 5.74) is 2.79. The Labute approximate surface area is 175 Å². The zero-order valence-electron chi connectivity index (χ0n) is 16.4. The Bertz CT molecular complexity index is 1030. The van der Waals surface area contributed by atoms with Gasteiger partial charge in [-0.1, -0.05) is 29.8 Å². The molecule has 0 saturated heterocycles. The maximum absolute atomic E-state index is 12.6. The predicted molar refractivity (Wildman–Crippen MR) is 115 cm³/mol. The van der Waals surface area contributed by atoms with E-state index < -0.39 is 9.84 Å². The minimum Gasteiger partial charge on any atom is -0.356 e. The number of amides is 2. The van der Waals surface area contributed by atoms with E-state index in [4.69, 9.17) is 0 Å². The van der Waals surface area contributed by atoms with Crippen LogP contribution in [0.4, 0.5) is 5.69 Å². The molecule has 0 spiro atoms. The normalized spacial score (nSPS) is 16.1. The highest BCUT2D eigenvalue weighted by Crippen LogP contribution is 2.36. The first-order valence-corrected chi connectivity index (χ1v) is 11.9. The van der Waals surface area contributed by atoms with Crippen molar-refractivity contribution >= 4 is 39.1 Å². The van der Waals surface area contributed by atoms with E-state index in [0.717, 1.165) is 16.0 Å². The van der Waals surface area contributed by atoms with Crippen molar-refractivity contribution in [1.29, 1.82) is 0 Å². The first-order chi connectivity index (χ1) is 13.7. The molecule has 1 aliphatic heterocycles. The fourth-order valence-electron chi connectivity index (χ4n) is 3.03. The molecule has 2 amide bonds. The Morgan fingerprint density at radius 3 is 2.76 bits per heavy atom. The lowest BCUT2D eigenvalue weighted by atomic mass is 10.1. The van der Waals surface area contributed by atoms with Crippen molar-refractivity contribution in [3.63, 3.8) is 0 Å². The van der Waals surface area contributed by atoms with E-state index in [2.05, 4.69) is 16.7 Å². The highest BCUT2D eigenvalue weighted by atomic mass is 32.2. The molecule has 2 aromatic rings. The van der Waals surface area contributed by atoms with Crippen LogP contribution in [0.3, 0.4) is 0 Å². The van der Waals surface area contributed by atoms with Crippen LogP contribution in [-0.4, -0.2) is 37.8 Å². The van der Waals surface area contributed by atoms with E-state index >= 15 is 0 Å². The number of hydrogen-bond donors (Lipinski definition) is 2. The number of aryl methyl sites for hydroxylation is 1. The second-order valence-electron chi connectivity index (χ2n) is 7.07. The Morgan fingerprint density at radius 1 is 1.21 bits per heavy atom. The van der Waals surface area contributed by atoms with Crippen LogP contribution in [0, 0.1) is 6.92 Å². The number of anilines is 1. The fraction of sp³-hybridized carbons (Fsp3) is 0.333. The van der Waals surface area contributed by atoms with Gasteiger partial charge in [-0.3, -0.25) is 9.59 Å². The van der Waals surface area contributed by atoms with Gasteiger partial charge in [-0.2, -0.15) is 0 Å². The fourth-order valence-corrected chi connectivity index (χ4v) is 5.22. The Kier molecular flexibility index (Phi) is 6.64. The standard InChI is InChI=1S/C21H24N2O4S2/c1-14-4-3-5-16(12-14)8-10-22-20(24)9-11-29(26,27)17-6-7-19-18(13-17)23-21(25)15(2)28-19/h3-7,12-13,15H,8-11H2,1-2H3,(H,22,24)(H,23,25)/t15-/m0/s1. The van der Waals surface area contributed by atoms with Gasteiger partial charge in [0.1, 0.15) is 0 Å². The van der Waals surface area contributed by atoms with Gasteiger partial charge in [-0.25, -0.2) is 8.42 Å². The molecule has 0 radical (unpaired) electrons. The second kappa shape index (κ2) is 9.00.